The van der Waals surface area contributed by atoms with E-state index in [1.165, 1.54) is 15.6 Å². The first-order valence-electron chi connectivity index (χ1n) is 8.64. The molecule has 4 rings (SSSR count). The fourth-order valence-electron chi connectivity index (χ4n) is 3.50. The van der Waals surface area contributed by atoms with Crippen molar-refractivity contribution in [3.63, 3.8) is 0 Å². The van der Waals surface area contributed by atoms with Crippen molar-refractivity contribution >= 4 is 44.7 Å². The SMILES string of the molecule is O=C(C1CCN(S(=O)(=O)c2cccs2)CC1)N1CCSc2ccccc21. The van der Waals surface area contributed by atoms with E-state index in [1.54, 1.807) is 29.3 Å². The molecule has 1 amide bonds. The van der Waals surface area contributed by atoms with Gasteiger partial charge in [-0.2, -0.15) is 4.31 Å². The lowest BCUT2D eigenvalue weighted by molar-refractivity contribution is -0.123. The fourth-order valence-corrected chi connectivity index (χ4v) is 7.11. The van der Waals surface area contributed by atoms with Gasteiger partial charge in [0.2, 0.25) is 5.91 Å². The largest absolute Gasteiger partial charge is 0.310 e. The number of anilines is 1. The number of thiophene rings is 1. The topological polar surface area (TPSA) is 57.7 Å². The first-order valence-corrected chi connectivity index (χ1v) is 11.9. The zero-order valence-corrected chi connectivity index (χ0v) is 16.7. The third kappa shape index (κ3) is 3.31. The highest BCUT2D eigenvalue weighted by molar-refractivity contribution is 7.99. The van der Waals surface area contributed by atoms with E-state index in [2.05, 4.69) is 6.07 Å². The van der Waals surface area contributed by atoms with Crippen LogP contribution in [0.4, 0.5) is 5.69 Å². The van der Waals surface area contributed by atoms with Crippen LogP contribution in [-0.2, 0) is 14.8 Å². The molecule has 3 heterocycles. The highest BCUT2D eigenvalue weighted by atomic mass is 32.2. The van der Waals surface area contributed by atoms with Crippen LogP contribution < -0.4 is 4.90 Å². The normalized spacial score (nSPS) is 19.3. The molecular formula is C18H20N2O3S3. The summed E-state index contributed by atoms with van der Waals surface area (Å²) in [6.07, 6.45) is 1.16. The third-order valence-corrected chi connectivity index (χ3v) is 9.20. The van der Waals surface area contributed by atoms with Crippen LogP contribution in [0.1, 0.15) is 12.8 Å². The van der Waals surface area contributed by atoms with Gasteiger partial charge in [0, 0.05) is 36.2 Å². The number of sulfonamides is 1. The Hall–Kier alpha value is -1.35. The van der Waals surface area contributed by atoms with E-state index < -0.39 is 10.0 Å². The summed E-state index contributed by atoms with van der Waals surface area (Å²) in [5.41, 5.74) is 0.988. The molecule has 26 heavy (non-hydrogen) atoms. The molecule has 0 unspecified atom stereocenters. The van der Waals surface area contributed by atoms with E-state index in [9.17, 15) is 13.2 Å². The first kappa shape index (κ1) is 18.0. The molecule has 0 saturated carbocycles. The Morgan fingerprint density at radius 2 is 1.81 bits per heavy atom. The number of carbonyl (C=O) groups excluding carboxylic acids is 1. The van der Waals surface area contributed by atoms with Gasteiger partial charge in [-0.15, -0.1) is 23.1 Å². The molecule has 2 aliphatic rings. The summed E-state index contributed by atoms with van der Waals surface area (Å²) in [5.74, 6) is 0.917. The van der Waals surface area contributed by atoms with Gasteiger partial charge in [-0.3, -0.25) is 4.79 Å². The molecule has 5 nitrogen and oxygen atoms in total. The molecule has 1 fully saturated rings. The van der Waals surface area contributed by atoms with Gasteiger partial charge in [-0.25, -0.2) is 8.42 Å². The quantitative estimate of drug-likeness (QED) is 0.782. The minimum absolute atomic E-state index is 0.110. The van der Waals surface area contributed by atoms with Gasteiger partial charge < -0.3 is 4.90 Å². The monoisotopic (exact) mass is 408 g/mol. The maximum atomic E-state index is 13.1. The van der Waals surface area contributed by atoms with Crippen molar-refractivity contribution in [2.45, 2.75) is 21.9 Å². The second kappa shape index (κ2) is 7.34. The zero-order chi connectivity index (χ0) is 18.1. The van der Waals surface area contributed by atoms with E-state index in [0.29, 0.717) is 36.7 Å². The zero-order valence-electron chi connectivity index (χ0n) is 14.2. The molecule has 1 aromatic carbocycles. The van der Waals surface area contributed by atoms with Crippen LogP contribution in [0.2, 0.25) is 0 Å². The van der Waals surface area contributed by atoms with Crippen LogP contribution >= 0.6 is 23.1 Å². The molecule has 8 heteroatoms. The lowest BCUT2D eigenvalue weighted by Gasteiger charge is -2.35. The number of benzene rings is 1. The average molecular weight is 409 g/mol. The van der Waals surface area contributed by atoms with E-state index in [-0.39, 0.29) is 11.8 Å². The number of hydrogen-bond acceptors (Lipinski definition) is 5. The van der Waals surface area contributed by atoms with Crippen LogP contribution in [0.15, 0.2) is 50.9 Å². The third-order valence-electron chi connectivity index (χ3n) is 4.89. The molecular weight excluding hydrogens is 388 g/mol. The van der Waals surface area contributed by atoms with E-state index >= 15 is 0 Å². The summed E-state index contributed by atoms with van der Waals surface area (Å²) < 4.78 is 27.2. The number of nitrogens with zero attached hydrogens (tertiary/aromatic N) is 2. The van der Waals surface area contributed by atoms with Gasteiger partial charge in [0.25, 0.3) is 10.0 Å². The van der Waals surface area contributed by atoms with E-state index in [0.717, 1.165) is 16.3 Å². The van der Waals surface area contributed by atoms with Crippen LogP contribution in [-0.4, -0.2) is 44.0 Å². The van der Waals surface area contributed by atoms with Gasteiger partial charge >= 0.3 is 0 Å². The predicted molar refractivity (Wildman–Crippen MR) is 105 cm³/mol. The second-order valence-corrected chi connectivity index (χ2v) is 10.7. The van der Waals surface area contributed by atoms with Crippen molar-refractivity contribution in [2.75, 3.05) is 30.3 Å². The molecule has 0 bridgehead atoms. The summed E-state index contributed by atoms with van der Waals surface area (Å²) in [6, 6.07) is 11.4. The maximum Gasteiger partial charge on any atom is 0.252 e. The smallest absolute Gasteiger partial charge is 0.252 e. The first-order chi connectivity index (χ1) is 12.6. The van der Waals surface area contributed by atoms with Crippen molar-refractivity contribution in [3.05, 3.63) is 41.8 Å². The molecule has 138 valence electrons. The van der Waals surface area contributed by atoms with Crippen LogP contribution in [0.5, 0.6) is 0 Å². The molecule has 2 aromatic rings. The second-order valence-electron chi connectivity index (χ2n) is 6.42. The minimum atomic E-state index is -3.42. The van der Waals surface area contributed by atoms with Gasteiger partial charge in [0.05, 0.1) is 5.69 Å². The Kier molecular flexibility index (Phi) is 5.09. The highest BCUT2D eigenvalue weighted by Crippen LogP contribution is 2.36. The number of rotatable bonds is 3. The molecule has 0 spiro atoms. The fraction of sp³-hybridized carbons (Fsp3) is 0.389. The summed E-state index contributed by atoms with van der Waals surface area (Å²) in [7, 11) is -3.42. The molecule has 2 aliphatic heterocycles. The predicted octanol–water partition coefficient (Wildman–Crippen LogP) is 3.29. The van der Waals surface area contributed by atoms with Crippen molar-refractivity contribution in [1.82, 2.24) is 4.31 Å². The van der Waals surface area contributed by atoms with Gasteiger partial charge in [-0.05, 0) is 36.4 Å². The number of amides is 1. The Morgan fingerprint density at radius 3 is 2.54 bits per heavy atom. The van der Waals surface area contributed by atoms with E-state index in [4.69, 9.17) is 0 Å². The van der Waals surface area contributed by atoms with Gasteiger partial charge in [0.1, 0.15) is 4.21 Å². The summed E-state index contributed by atoms with van der Waals surface area (Å²) >= 11 is 3.02. The Balaban J connectivity index is 1.45. The Morgan fingerprint density at radius 1 is 1.04 bits per heavy atom. The Labute approximate surface area is 162 Å². The van der Waals surface area contributed by atoms with Gasteiger partial charge in [0.15, 0.2) is 0 Å². The summed E-state index contributed by atoms with van der Waals surface area (Å²) in [5, 5.41) is 1.77. The molecule has 0 aliphatic carbocycles. The van der Waals surface area contributed by atoms with Crippen LogP contribution in [0.25, 0.3) is 0 Å². The maximum absolute atomic E-state index is 13.1. The van der Waals surface area contributed by atoms with Crippen molar-refractivity contribution in [3.8, 4) is 0 Å². The standard InChI is InChI=1S/C18H20N2O3S3/c21-18(20-11-13-24-16-5-2-1-4-15(16)20)14-7-9-19(10-8-14)26(22,23)17-6-3-12-25-17/h1-6,12,14H,7-11,13H2. The van der Waals surface area contributed by atoms with Crippen molar-refractivity contribution in [1.29, 1.82) is 0 Å². The minimum Gasteiger partial charge on any atom is -0.310 e. The van der Waals surface area contributed by atoms with E-state index in [1.807, 2.05) is 23.1 Å². The lowest BCUT2D eigenvalue weighted by atomic mass is 9.96. The number of fused-ring (bicyclic) bond motifs is 1. The highest BCUT2D eigenvalue weighted by Gasteiger charge is 2.35. The number of hydrogen-bond donors (Lipinski definition) is 0. The van der Waals surface area contributed by atoms with Crippen LogP contribution in [0, 0.1) is 5.92 Å². The molecule has 0 radical (unpaired) electrons. The molecule has 0 N–H and O–H groups in total. The van der Waals surface area contributed by atoms with Crippen LogP contribution in [0.3, 0.4) is 0 Å². The summed E-state index contributed by atoms with van der Waals surface area (Å²) in [4.78, 5) is 16.1. The van der Waals surface area contributed by atoms with Gasteiger partial charge in [-0.1, -0.05) is 18.2 Å². The summed E-state index contributed by atoms with van der Waals surface area (Å²) in [6.45, 7) is 1.52. The number of carbonyl (C=O) groups is 1. The number of thioether (sulfide) groups is 1. The molecule has 0 atom stereocenters. The van der Waals surface area contributed by atoms with Crippen molar-refractivity contribution in [2.24, 2.45) is 5.92 Å². The average Bonchev–Trinajstić information content (AvgIpc) is 3.23. The Bertz CT molecular complexity index is 888. The van der Waals surface area contributed by atoms with Crippen molar-refractivity contribution < 1.29 is 13.2 Å². The molecule has 1 aromatic heterocycles. The number of piperidine rings is 1. The lowest BCUT2D eigenvalue weighted by Crippen LogP contribution is -2.45. The number of para-hydroxylation sites is 1. The molecule has 1 saturated heterocycles.